The Morgan fingerprint density at radius 3 is 2.70 bits per heavy atom. The first-order valence-corrected chi connectivity index (χ1v) is 11.3. The minimum Gasteiger partial charge on any atom is -0.311 e. The van der Waals surface area contributed by atoms with Crippen molar-refractivity contribution in [1.29, 1.82) is 0 Å². The van der Waals surface area contributed by atoms with E-state index in [1.54, 1.807) is 4.31 Å². The van der Waals surface area contributed by atoms with Crippen molar-refractivity contribution in [2.24, 2.45) is 0 Å². The second kappa shape index (κ2) is 7.69. The molecule has 1 fully saturated rings. The molecule has 0 spiro atoms. The molecule has 7 nitrogen and oxygen atoms in total. The molecule has 0 saturated carbocycles. The molecule has 1 saturated heterocycles. The Hall–Kier alpha value is -1.77. The average molecular weight is 390 g/mol. The Morgan fingerprint density at radius 1 is 1.07 bits per heavy atom. The molecule has 0 aliphatic carbocycles. The van der Waals surface area contributed by atoms with Crippen molar-refractivity contribution >= 4 is 10.0 Å². The standard InChI is InChI=1S/C19H27N5O2S/c1-22-12-13-23-18(15-22)20-21-19(23)17-9-5-6-11-24(17)27(25,26)14-10-16-7-3-2-4-8-16/h2-4,7-8,17H,5-6,9-15H2,1H3. The molecule has 2 aliphatic heterocycles. The Balaban J connectivity index is 1.56. The molecule has 1 aromatic heterocycles. The molecule has 4 rings (SSSR count). The summed E-state index contributed by atoms with van der Waals surface area (Å²) in [4.78, 5) is 2.21. The van der Waals surface area contributed by atoms with Crippen LogP contribution < -0.4 is 0 Å². The van der Waals surface area contributed by atoms with E-state index in [4.69, 9.17) is 0 Å². The van der Waals surface area contributed by atoms with Crippen LogP contribution in [-0.4, -0.2) is 58.3 Å². The van der Waals surface area contributed by atoms with Gasteiger partial charge in [-0.25, -0.2) is 8.42 Å². The van der Waals surface area contributed by atoms with Crippen molar-refractivity contribution in [3.63, 3.8) is 0 Å². The molecule has 2 aliphatic rings. The lowest BCUT2D eigenvalue weighted by molar-refractivity contribution is 0.224. The molecule has 0 N–H and O–H groups in total. The van der Waals surface area contributed by atoms with Gasteiger partial charge in [0, 0.05) is 19.6 Å². The third-order valence-corrected chi connectivity index (χ3v) is 7.44. The maximum absolute atomic E-state index is 13.1. The maximum atomic E-state index is 13.1. The molecular formula is C19H27N5O2S. The molecule has 1 atom stereocenters. The van der Waals surface area contributed by atoms with Gasteiger partial charge in [-0.2, -0.15) is 4.31 Å². The van der Waals surface area contributed by atoms with Gasteiger partial charge in [-0.05, 0) is 31.9 Å². The molecule has 1 aromatic carbocycles. The van der Waals surface area contributed by atoms with Gasteiger partial charge < -0.3 is 4.57 Å². The molecular weight excluding hydrogens is 362 g/mol. The number of aromatic nitrogens is 3. The smallest absolute Gasteiger partial charge is 0.215 e. The number of aryl methyl sites for hydroxylation is 1. The van der Waals surface area contributed by atoms with Gasteiger partial charge >= 0.3 is 0 Å². The molecule has 27 heavy (non-hydrogen) atoms. The number of fused-ring (bicyclic) bond motifs is 1. The second-order valence-electron chi connectivity index (χ2n) is 7.54. The van der Waals surface area contributed by atoms with E-state index >= 15 is 0 Å². The summed E-state index contributed by atoms with van der Waals surface area (Å²) in [5.41, 5.74) is 1.05. The van der Waals surface area contributed by atoms with Crippen molar-refractivity contribution in [3.8, 4) is 0 Å². The lowest BCUT2D eigenvalue weighted by atomic mass is 10.0. The Bertz CT molecular complexity index is 881. The van der Waals surface area contributed by atoms with E-state index in [1.807, 2.05) is 30.3 Å². The second-order valence-corrected chi connectivity index (χ2v) is 9.58. The van der Waals surface area contributed by atoms with Gasteiger partial charge in [0.15, 0.2) is 5.82 Å². The molecule has 2 aromatic rings. The van der Waals surface area contributed by atoms with Gasteiger partial charge in [-0.1, -0.05) is 36.8 Å². The highest BCUT2D eigenvalue weighted by molar-refractivity contribution is 7.89. The zero-order valence-corrected chi connectivity index (χ0v) is 16.6. The van der Waals surface area contributed by atoms with Crippen molar-refractivity contribution in [2.45, 2.75) is 44.8 Å². The van der Waals surface area contributed by atoms with Crippen molar-refractivity contribution in [2.75, 3.05) is 25.9 Å². The van der Waals surface area contributed by atoms with Crippen LogP contribution in [0.15, 0.2) is 30.3 Å². The first kappa shape index (κ1) is 18.6. The molecule has 3 heterocycles. The summed E-state index contributed by atoms with van der Waals surface area (Å²) < 4.78 is 30.1. The van der Waals surface area contributed by atoms with Crippen molar-refractivity contribution < 1.29 is 8.42 Å². The predicted molar refractivity (Wildman–Crippen MR) is 104 cm³/mol. The minimum absolute atomic E-state index is 0.136. The van der Waals surface area contributed by atoms with Crippen LogP contribution in [0, 0.1) is 0 Å². The van der Waals surface area contributed by atoms with Crippen LogP contribution >= 0.6 is 0 Å². The van der Waals surface area contributed by atoms with Crippen LogP contribution in [0.3, 0.4) is 0 Å². The number of hydrogen-bond donors (Lipinski definition) is 0. The number of benzene rings is 1. The number of likely N-dealkylation sites (N-methyl/N-ethyl adjacent to an activating group) is 1. The van der Waals surface area contributed by atoms with Gasteiger partial charge in [0.05, 0.1) is 18.3 Å². The largest absolute Gasteiger partial charge is 0.311 e. The van der Waals surface area contributed by atoms with Crippen LogP contribution in [0.1, 0.15) is 42.5 Å². The Morgan fingerprint density at radius 2 is 1.89 bits per heavy atom. The first-order chi connectivity index (χ1) is 13.0. The van der Waals surface area contributed by atoms with E-state index in [-0.39, 0.29) is 11.8 Å². The third kappa shape index (κ3) is 3.93. The molecule has 146 valence electrons. The summed E-state index contributed by atoms with van der Waals surface area (Å²) >= 11 is 0. The molecule has 8 heteroatoms. The van der Waals surface area contributed by atoms with Gasteiger partial charge in [-0.15, -0.1) is 10.2 Å². The fourth-order valence-corrected chi connectivity index (χ4v) is 5.78. The number of piperidine rings is 1. The molecule has 0 bridgehead atoms. The van der Waals surface area contributed by atoms with Gasteiger partial charge in [0.2, 0.25) is 10.0 Å². The van der Waals surface area contributed by atoms with Crippen LogP contribution in [0.5, 0.6) is 0 Å². The van der Waals surface area contributed by atoms with E-state index < -0.39 is 10.0 Å². The highest BCUT2D eigenvalue weighted by Crippen LogP contribution is 2.33. The van der Waals surface area contributed by atoms with Crippen LogP contribution in [0.25, 0.3) is 0 Å². The maximum Gasteiger partial charge on any atom is 0.215 e. The summed E-state index contributed by atoms with van der Waals surface area (Å²) in [5, 5.41) is 8.76. The highest BCUT2D eigenvalue weighted by atomic mass is 32.2. The van der Waals surface area contributed by atoms with Gasteiger partial charge in [0.1, 0.15) is 5.82 Å². The van der Waals surface area contributed by atoms with E-state index in [1.165, 1.54) is 0 Å². The van der Waals surface area contributed by atoms with E-state index in [9.17, 15) is 8.42 Å². The fraction of sp³-hybridized carbons (Fsp3) is 0.579. The minimum atomic E-state index is -3.35. The van der Waals surface area contributed by atoms with Gasteiger partial charge in [-0.3, -0.25) is 4.90 Å². The van der Waals surface area contributed by atoms with E-state index in [0.717, 1.165) is 56.1 Å². The third-order valence-electron chi connectivity index (χ3n) is 5.57. The summed E-state index contributed by atoms with van der Waals surface area (Å²) in [6.45, 7) is 3.10. The molecule has 0 amide bonds. The van der Waals surface area contributed by atoms with E-state index in [2.05, 4.69) is 26.7 Å². The SMILES string of the molecule is CN1CCn2c(nnc2C2CCCCN2S(=O)(=O)CCc2ccccc2)C1. The topological polar surface area (TPSA) is 71.3 Å². The molecule has 1 unspecified atom stereocenters. The zero-order valence-electron chi connectivity index (χ0n) is 15.8. The first-order valence-electron chi connectivity index (χ1n) is 9.68. The number of hydrogen-bond acceptors (Lipinski definition) is 5. The lowest BCUT2D eigenvalue weighted by Crippen LogP contribution is -2.42. The number of nitrogens with zero attached hydrogens (tertiary/aromatic N) is 5. The normalized spacial score (nSPS) is 21.9. The number of sulfonamides is 1. The van der Waals surface area contributed by atoms with Crippen molar-refractivity contribution in [1.82, 2.24) is 24.0 Å². The summed E-state index contributed by atoms with van der Waals surface area (Å²) in [7, 11) is -1.28. The average Bonchev–Trinajstić information content (AvgIpc) is 3.10. The highest BCUT2D eigenvalue weighted by Gasteiger charge is 2.37. The fourth-order valence-electron chi connectivity index (χ4n) is 4.05. The summed E-state index contributed by atoms with van der Waals surface area (Å²) in [5.74, 6) is 1.89. The zero-order chi connectivity index (χ0) is 18.9. The predicted octanol–water partition coefficient (Wildman–Crippen LogP) is 1.82. The summed E-state index contributed by atoms with van der Waals surface area (Å²) in [6, 6.07) is 9.62. The lowest BCUT2D eigenvalue weighted by Gasteiger charge is -2.35. The van der Waals surface area contributed by atoms with Crippen LogP contribution in [0.4, 0.5) is 0 Å². The van der Waals surface area contributed by atoms with Crippen LogP contribution in [-0.2, 0) is 29.5 Å². The Labute approximate surface area is 161 Å². The van der Waals surface area contributed by atoms with Crippen molar-refractivity contribution in [3.05, 3.63) is 47.5 Å². The van der Waals surface area contributed by atoms with Crippen LogP contribution in [0.2, 0.25) is 0 Å². The number of rotatable bonds is 5. The molecule has 0 radical (unpaired) electrons. The quantitative estimate of drug-likeness (QED) is 0.780. The van der Waals surface area contributed by atoms with E-state index in [0.29, 0.717) is 13.0 Å². The summed E-state index contributed by atoms with van der Waals surface area (Å²) in [6.07, 6.45) is 3.29. The van der Waals surface area contributed by atoms with Gasteiger partial charge in [0.25, 0.3) is 0 Å². The monoisotopic (exact) mass is 389 g/mol. The Kier molecular flexibility index (Phi) is 5.29.